The molecule has 1 aromatic carbocycles. The average Bonchev–Trinajstić information content (AvgIpc) is 2.48. The topological polar surface area (TPSA) is 75.7 Å². The monoisotopic (exact) mass is 356 g/mol. The molecular weight excluding hydrogens is 328 g/mol. The van der Waals surface area contributed by atoms with Crippen molar-refractivity contribution in [3.63, 3.8) is 0 Å². The van der Waals surface area contributed by atoms with Gasteiger partial charge in [-0.15, -0.1) is 0 Å². The lowest BCUT2D eigenvalue weighted by molar-refractivity contribution is -0.119. The fourth-order valence-corrected chi connectivity index (χ4v) is 3.05. The molecule has 24 heavy (non-hydrogen) atoms. The highest BCUT2D eigenvalue weighted by Crippen LogP contribution is 2.30. The van der Waals surface area contributed by atoms with Crippen LogP contribution in [0.5, 0.6) is 5.75 Å². The van der Waals surface area contributed by atoms with E-state index >= 15 is 0 Å². The van der Waals surface area contributed by atoms with Crippen LogP contribution in [-0.2, 0) is 14.8 Å². The van der Waals surface area contributed by atoms with Crippen LogP contribution in [0.3, 0.4) is 0 Å². The van der Waals surface area contributed by atoms with Crippen LogP contribution in [0, 0.1) is 0 Å². The molecule has 136 valence electrons. The SMILES string of the molecule is CCCCCNC(=O)CN(c1ccccc1OC(C)C)S(C)(=O)=O. The maximum Gasteiger partial charge on any atom is 0.240 e. The Morgan fingerprint density at radius 1 is 1.25 bits per heavy atom. The number of nitrogens with zero attached hydrogens (tertiary/aromatic N) is 1. The van der Waals surface area contributed by atoms with E-state index < -0.39 is 10.0 Å². The molecule has 7 heteroatoms. The van der Waals surface area contributed by atoms with Crippen LogP contribution in [0.2, 0.25) is 0 Å². The molecular formula is C17H28N2O4S. The molecule has 0 atom stereocenters. The average molecular weight is 356 g/mol. The van der Waals surface area contributed by atoms with E-state index in [4.69, 9.17) is 4.74 Å². The van der Waals surface area contributed by atoms with Gasteiger partial charge >= 0.3 is 0 Å². The number of hydrogen-bond acceptors (Lipinski definition) is 4. The van der Waals surface area contributed by atoms with Crippen molar-refractivity contribution >= 4 is 21.6 Å². The zero-order valence-electron chi connectivity index (χ0n) is 14.9. The van der Waals surface area contributed by atoms with Crippen molar-refractivity contribution in [1.82, 2.24) is 5.32 Å². The lowest BCUT2D eigenvalue weighted by Crippen LogP contribution is -2.40. The van der Waals surface area contributed by atoms with Gasteiger partial charge in [0.25, 0.3) is 0 Å². The summed E-state index contributed by atoms with van der Waals surface area (Å²) in [4.78, 5) is 12.1. The number of rotatable bonds is 10. The number of para-hydroxylation sites is 2. The summed E-state index contributed by atoms with van der Waals surface area (Å²) < 4.78 is 31.1. The number of benzene rings is 1. The van der Waals surface area contributed by atoms with Crippen molar-refractivity contribution in [1.29, 1.82) is 0 Å². The van der Waals surface area contributed by atoms with Crippen LogP contribution >= 0.6 is 0 Å². The highest BCUT2D eigenvalue weighted by Gasteiger charge is 2.24. The Hall–Kier alpha value is -1.76. The molecule has 6 nitrogen and oxygen atoms in total. The summed E-state index contributed by atoms with van der Waals surface area (Å²) in [6.45, 7) is 6.10. The van der Waals surface area contributed by atoms with Gasteiger partial charge in [-0.05, 0) is 32.4 Å². The fraction of sp³-hybridized carbons (Fsp3) is 0.588. The normalized spacial score (nSPS) is 11.4. The summed E-state index contributed by atoms with van der Waals surface area (Å²) in [5, 5.41) is 2.76. The molecule has 0 heterocycles. The Balaban J connectivity index is 2.93. The van der Waals surface area contributed by atoms with Gasteiger partial charge in [0.05, 0.1) is 18.0 Å². The molecule has 0 saturated heterocycles. The minimum absolute atomic E-state index is 0.101. The number of anilines is 1. The Morgan fingerprint density at radius 2 is 1.92 bits per heavy atom. The van der Waals surface area contributed by atoms with E-state index in [1.54, 1.807) is 24.3 Å². The van der Waals surface area contributed by atoms with E-state index in [0.717, 1.165) is 29.8 Å². The maximum atomic E-state index is 12.2. The van der Waals surface area contributed by atoms with E-state index in [0.29, 0.717) is 18.0 Å². The summed E-state index contributed by atoms with van der Waals surface area (Å²) in [6, 6.07) is 6.84. The molecule has 1 N–H and O–H groups in total. The first-order valence-corrected chi connectivity index (χ1v) is 10.1. The summed E-state index contributed by atoms with van der Waals surface area (Å²) in [5.41, 5.74) is 0.373. The van der Waals surface area contributed by atoms with Gasteiger partial charge in [-0.25, -0.2) is 8.42 Å². The number of nitrogens with one attached hydrogen (secondary N) is 1. The third kappa shape index (κ3) is 6.78. The third-order valence-corrected chi connectivity index (χ3v) is 4.41. The van der Waals surface area contributed by atoms with Crippen molar-refractivity contribution in [3.8, 4) is 5.75 Å². The van der Waals surface area contributed by atoms with Crippen LogP contribution in [0.1, 0.15) is 40.0 Å². The van der Waals surface area contributed by atoms with Gasteiger partial charge in [0, 0.05) is 6.54 Å². The van der Waals surface area contributed by atoms with Gasteiger partial charge in [-0.1, -0.05) is 31.9 Å². The number of sulfonamides is 1. The molecule has 0 aliphatic carbocycles. The van der Waals surface area contributed by atoms with Crippen molar-refractivity contribution in [2.24, 2.45) is 0 Å². The molecule has 0 aromatic heterocycles. The van der Waals surface area contributed by atoms with Crippen molar-refractivity contribution in [3.05, 3.63) is 24.3 Å². The van der Waals surface area contributed by atoms with E-state index in [2.05, 4.69) is 12.2 Å². The first kappa shape index (κ1) is 20.3. The predicted molar refractivity (Wildman–Crippen MR) is 96.9 cm³/mol. The Bertz CT molecular complexity index is 629. The zero-order chi connectivity index (χ0) is 18.2. The minimum atomic E-state index is -3.61. The van der Waals surface area contributed by atoms with Gasteiger partial charge in [0.1, 0.15) is 12.3 Å². The molecule has 1 aromatic rings. The highest BCUT2D eigenvalue weighted by atomic mass is 32.2. The Labute approximate surface area is 145 Å². The van der Waals surface area contributed by atoms with Crippen LogP contribution in [0.25, 0.3) is 0 Å². The van der Waals surface area contributed by atoms with Gasteiger partial charge in [-0.3, -0.25) is 9.10 Å². The standard InChI is InChI=1S/C17H28N2O4S/c1-5-6-9-12-18-17(20)13-19(24(4,21)22)15-10-7-8-11-16(15)23-14(2)3/h7-8,10-11,14H,5-6,9,12-13H2,1-4H3,(H,18,20). The summed E-state index contributed by atoms with van der Waals surface area (Å²) in [6.07, 6.45) is 3.96. The van der Waals surface area contributed by atoms with E-state index in [1.165, 1.54) is 0 Å². The first-order valence-electron chi connectivity index (χ1n) is 8.25. The number of unbranched alkanes of at least 4 members (excludes halogenated alkanes) is 2. The molecule has 1 amide bonds. The third-order valence-electron chi connectivity index (χ3n) is 3.29. The van der Waals surface area contributed by atoms with Gasteiger partial charge < -0.3 is 10.1 Å². The molecule has 0 aliphatic heterocycles. The van der Waals surface area contributed by atoms with Crippen LogP contribution in [-0.4, -0.2) is 39.8 Å². The largest absolute Gasteiger partial charge is 0.489 e. The van der Waals surface area contributed by atoms with Crippen LogP contribution in [0.4, 0.5) is 5.69 Å². The second-order valence-electron chi connectivity index (χ2n) is 5.96. The number of amides is 1. The summed E-state index contributed by atoms with van der Waals surface area (Å²) in [5.74, 6) is 0.118. The smallest absolute Gasteiger partial charge is 0.240 e. The highest BCUT2D eigenvalue weighted by molar-refractivity contribution is 7.92. The van der Waals surface area contributed by atoms with E-state index in [9.17, 15) is 13.2 Å². The van der Waals surface area contributed by atoms with E-state index in [-0.39, 0.29) is 18.6 Å². The molecule has 0 bridgehead atoms. The number of carbonyl (C=O) groups excluding carboxylic acids is 1. The van der Waals surface area contributed by atoms with Gasteiger partial charge in [0.15, 0.2) is 0 Å². The number of carbonyl (C=O) groups is 1. The van der Waals surface area contributed by atoms with Crippen molar-refractivity contribution in [2.45, 2.75) is 46.1 Å². The lowest BCUT2D eigenvalue weighted by atomic mass is 10.2. The zero-order valence-corrected chi connectivity index (χ0v) is 15.7. The van der Waals surface area contributed by atoms with Gasteiger partial charge in [-0.2, -0.15) is 0 Å². The molecule has 0 saturated carbocycles. The minimum Gasteiger partial charge on any atom is -0.489 e. The molecule has 0 radical (unpaired) electrons. The Morgan fingerprint density at radius 3 is 2.50 bits per heavy atom. The molecule has 1 rings (SSSR count). The first-order chi connectivity index (χ1) is 11.3. The quantitative estimate of drug-likeness (QED) is 0.654. The Kier molecular flexibility index (Phi) is 8.04. The van der Waals surface area contributed by atoms with Gasteiger partial charge in [0.2, 0.25) is 15.9 Å². The summed E-state index contributed by atoms with van der Waals surface area (Å²) >= 11 is 0. The van der Waals surface area contributed by atoms with E-state index in [1.807, 2.05) is 13.8 Å². The predicted octanol–water partition coefficient (Wildman–Crippen LogP) is 2.55. The maximum absolute atomic E-state index is 12.2. The molecule has 0 fully saturated rings. The van der Waals surface area contributed by atoms with Crippen molar-refractivity contribution < 1.29 is 17.9 Å². The van der Waals surface area contributed by atoms with Crippen molar-refractivity contribution in [2.75, 3.05) is 23.7 Å². The summed E-state index contributed by atoms with van der Waals surface area (Å²) in [7, 11) is -3.61. The molecule has 0 unspecified atom stereocenters. The second-order valence-corrected chi connectivity index (χ2v) is 7.87. The lowest BCUT2D eigenvalue weighted by Gasteiger charge is -2.25. The second kappa shape index (κ2) is 9.52. The molecule has 0 aliphatic rings. The fourth-order valence-electron chi connectivity index (χ4n) is 2.19. The number of hydrogen-bond donors (Lipinski definition) is 1. The van der Waals surface area contributed by atoms with Crippen LogP contribution < -0.4 is 14.4 Å². The molecule has 0 spiro atoms. The number of ether oxygens (including phenoxy) is 1. The van der Waals surface area contributed by atoms with Crippen LogP contribution in [0.15, 0.2) is 24.3 Å².